The van der Waals surface area contributed by atoms with E-state index in [9.17, 15) is 0 Å². The minimum Gasteiger partial charge on any atom is -0.340 e. The summed E-state index contributed by atoms with van der Waals surface area (Å²) >= 11 is 0. The highest BCUT2D eigenvalue weighted by Gasteiger charge is 2.34. The summed E-state index contributed by atoms with van der Waals surface area (Å²) in [5, 5.41) is 0. The molecular formula is C3H7NO2. The van der Waals surface area contributed by atoms with Crippen LogP contribution in [-0.2, 0) is 9.57 Å². The van der Waals surface area contributed by atoms with Crippen molar-refractivity contribution in [2.75, 3.05) is 0 Å². The van der Waals surface area contributed by atoms with Gasteiger partial charge < -0.3 is 4.74 Å². The van der Waals surface area contributed by atoms with Crippen LogP contribution in [0.1, 0.15) is 6.92 Å². The molecule has 3 nitrogen and oxygen atoms in total. The maximum atomic E-state index is 4.72. The van der Waals surface area contributed by atoms with Gasteiger partial charge in [-0.1, -0.05) is 0 Å². The maximum Gasteiger partial charge on any atom is 0.203 e. The van der Waals surface area contributed by atoms with Crippen molar-refractivity contribution in [3.05, 3.63) is 0 Å². The van der Waals surface area contributed by atoms with Crippen molar-refractivity contribution < 1.29 is 9.57 Å². The second-order valence-corrected chi connectivity index (χ2v) is 1.35. The smallest absolute Gasteiger partial charge is 0.203 e. The van der Waals surface area contributed by atoms with Gasteiger partial charge in [-0.05, 0) is 6.92 Å². The standard InChI is InChI=1S/C3H7NO2/c1-2-3(5-2)6-4/h2-3H,4H2,1H3/t2-,3-/m1/s1. The first-order chi connectivity index (χ1) is 2.84. The van der Waals surface area contributed by atoms with E-state index in [4.69, 9.17) is 10.6 Å². The third-order valence-corrected chi connectivity index (χ3v) is 0.790. The summed E-state index contributed by atoms with van der Waals surface area (Å²) in [6.07, 6.45) is 0.0972. The van der Waals surface area contributed by atoms with Crippen LogP contribution < -0.4 is 5.90 Å². The van der Waals surface area contributed by atoms with Gasteiger partial charge in [0.15, 0.2) is 0 Å². The molecule has 0 bridgehead atoms. The van der Waals surface area contributed by atoms with Gasteiger partial charge in [0.1, 0.15) is 6.10 Å². The lowest BCUT2D eigenvalue weighted by atomic mass is 10.5. The average Bonchev–Trinajstić information content (AvgIpc) is 2.19. The van der Waals surface area contributed by atoms with E-state index in [1.807, 2.05) is 6.92 Å². The zero-order chi connectivity index (χ0) is 4.57. The van der Waals surface area contributed by atoms with Crippen LogP contribution in [-0.4, -0.2) is 12.4 Å². The van der Waals surface area contributed by atoms with E-state index < -0.39 is 0 Å². The lowest BCUT2D eigenvalue weighted by Crippen LogP contribution is -2.03. The van der Waals surface area contributed by atoms with Crippen molar-refractivity contribution in [1.82, 2.24) is 0 Å². The van der Waals surface area contributed by atoms with E-state index in [0.717, 1.165) is 0 Å². The van der Waals surface area contributed by atoms with Gasteiger partial charge in [0, 0.05) is 0 Å². The van der Waals surface area contributed by atoms with Crippen molar-refractivity contribution in [1.29, 1.82) is 0 Å². The minimum atomic E-state index is -0.120. The Morgan fingerprint density at radius 2 is 2.33 bits per heavy atom. The molecule has 0 unspecified atom stereocenters. The maximum absolute atomic E-state index is 4.72. The highest BCUT2D eigenvalue weighted by atomic mass is 16.8. The van der Waals surface area contributed by atoms with E-state index >= 15 is 0 Å². The second kappa shape index (κ2) is 1.18. The van der Waals surface area contributed by atoms with Crippen LogP contribution in [0.2, 0.25) is 0 Å². The van der Waals surface area contributed by atoms with Crippen LogP contribution in [0.4, 0.5) is 0 Å². The minimum absolute atomic E-state index is 0.120. The number of epoxide rings is 1. The Bertz CT molecular complexity index is 54.8. The first kappa shape index (κ1) is 4.05. The quantitative estimate of drug-likeness (QED) is 0.352. The molecule has 3 heteroatoms. The third kappa shape index (κ3) is 0.518. The molecule has 1 heterocycles. The van der Waals surface area contributed by atoms with Gasteiger partial charge in [-0.3, -0.25) is 4.84 Å². The molecule has 0 amide bonds. The first-order valence-electron chi connectivity index (χ1n) is 1.85. The third-order valence-electron chi connectivity index (χ3n) is 0.790. The fourth-order valence-electron chi connectivity index (χ4n) is 0.309. The largest absolute Gasteiger partial charge is 0.340 e. The van der Waals surface area contributed by atoms with Gasteiger partial charge in [-0.25, -0.2) is 5.90 Å². The summed E-state index contributed by atoms with van der Waals surface area (Å²) in [5.74, 6) is 4.70. The second-order valence-electron chi connectivity index (χ2n) is 1.35. The molecule has 1 aliphatic rings. The molecule has 0 aromatic rings. The monoisotopic (exact) mass is 89.0 g/mol. The normalized spacial score (nSPS) is 43.0. The summed E-state index contributed by atoms with van der Waals surface area (Å²) in [6.45, 7) is 1.90. The van der Waals surface area contributed by atoms with E-state index in [-0.39, 0.29) is 12.4 Å². The number of hydrogen-bond donors (Lipinski definition) is 1. The molecule has 1 rings (SSSR count). The van der Waals surface area contributed by atoms with Gasteiger partial charge in [-0.2, -0.15) is 0 Å². The predicted octanol–water partition coefficient (Wildman–Crippen LogP) is -0.379. The lowest BCUT2D eigenvalue weighted by molar-refractivity contribution is 0.0503. The molecule has 0 saturated carbocycles. The molecule has 36 valence electrons. The fraction of sp³-hybridized carbons (Fsp3) is 1.00. The predicted molar refractivity (Wildman–Crippen MR) is 19.6 cm³/mol. The van der Waals surface area contributed by atoms with Crippen molar-refractivity contribution in [2.45, 2.75) is 19.3 Å². The Balaban J connectivity index is 2.09. The Labute approximate surface area is 36.0 Å². The summed E-state index contributed by atoms with van der Waals surface area (Å²) in [4.78, 5) is 4.25. The van der Waals surface area contributed by atoms with Crippen LogP contribution in [0.3, 0.4) is 0 Å². The molecule has 1 saturated heterocycles. The van der Waals surface area contributed by atoms with Gasteiger partial charge in [-0.15, -0.1) is 0 Å². The van der Waals surface area contributed by atoms with Crippen molar-refractivity contribution in [3.8, 4) is 0 Å². The summed E-state index contributed by atoms with van der Waals surface area (Å²) in [5.41, 5.74) is 0. The van der Waals surface area contributed by atoms with Crippen LogP contribution in [0.5, 0.6) is 0 Å². The van der Waals surface area contributed by atoms with Crippen molar-refractivity contribution in [3.63, 3.8) is 0 Å². The first-order valence-corrected chi connectivity index (χ1v) is 1.85. The molecule has 2 N–H and O–H groups in total. The molecule has 1 fully saturated rings. The topological polar surface area (TPSA) is 47.8 Å². The van der Waals surface area contributed by atoms with Crippen molar-refractivity contribution >= 4 is 0 Å². The molecule has 1 aliphatic heterocycles. The Morgan fingerprint density at radius 3 is 2.33 bits per heavy atom. The molecular weight excluding hydrogens is 82.0 g/mol. The van der Waals surface area contributed by atoms with Crippen LogP contribution in [0.25, 0.3) is 0 Å². The number of hydrogen-bond acceptors (Lipinski definition) is 3. The van der Waals surface area contributed by atoms with Crippen LogP contribution in [0.15, 0.2) is 0 Å². The highest BCUT2D eigenvalue weighted by Crippen LogP contribution is 2.19. The fourth-order valence-corrected chi connectivity index (χ4v) is 0.309. The molecule has 2 atom stereocenters. The highest BCUT2D eigenvalue weighted by molar-refractivity contribution is 4.68. The molecule has 0 radical (unpaired) electrons. The number of rotatable bonds is 1. The van der Waals surface area contributed by atoms with E-state index in [2.05, 4.69) is 4.84 Å². The summed E-state index contributed by atoms with van der Waals surface area (Å²) in [6, 6.07) is 0. The number of nitrogens with two attached hydrogens (primary N) is 1. The van der Waals surface area contributed by atoms with Crippen molar-refractivity contribution in [2.24, 2.45) is 5.90 Å². The molecule has 0 aliphatic carbocycles. The molecule has 0 aromatic heterocycles. The van der Waals surface area contributed by atoms with Gasteiger partial charge in [0.25, 0.3) is 0 Å². The van der Waals surface area contributed by atoms with E-state index in [0.29, 0.717) is 0 Å². The van der Waals surface area contributed by atoms with E-state index in [1.54, 1.807) is 0 Å². The lowest BCUT2D eigenvalue weighted by Gasteiger charge is -1.78. The van der Waals surface area contributed by atoms with Crippen LogP contribution >= 0.6 is 0 Å². The van der Waals surface area contributed by atoms with E-state index in [1.165, 1.54) is 0 Å². The zero-order valence-corrected chi connectivity index (χ0v) is 3.55. The molecule has 0 aromatic carbocycles. The Kier molecular flexibility index (Phi) is 0.799. The SMILES string of the molecule is C[C@H]1O[C@@H]1ON. The molecule has 6 heavy (non-hydrogen) atoms. The Hall–Kier alpha value is -0.120. The Morgan fingerprint density at radius 1 is 1.83 bits per heavy atom. The summed E-state index contributed by atoms with van der Waals surface area (Å²) < 4.78 is 4.72. The zero-order valence-electron chi connectivity index (χ0n) is 3.55. The number of ether oxygens (including phenoxy) is 1. The van der Waals surface area contributed by atoms with Gasteiger partial charge in [0.05, 0.1) is 0 Å². The van der Waals surface area contributed by atoms with Gasteiger partial charge in [0.2, 0.25) is 6.29 Å². The average molecular weight is 89.1 g/mol. The van der Waals surface area contributed by atoms with Gasteiger partial charge >= 0.3 is 0 Å². The van der Waals surface area contributed by atoms with Crippen LogP contribution in [0, 0.1) is 0 Å². The summed E-state index contributed by atoms with van der Waals surface area (Å²) in [7, 11) is 0. The molecule has 0 spiro atoms.